The Morgan fingerprint density at radius 1 is 1.53 bits per heavy atom. The first-order valence-corrected chi connectivity index (χ1v) is 3.99. The van der Waals surface area contributed by atoms with Crippen molar-refractivity contribution in [3.63, 3.8) is 0 Å². The third-order valence-electron chi connectivity index (χ3n) is 1.60. The minimum absolute atomic E-state index is 0.203. The molecule has 0 atom stereocenters. The number of hydrogen-bond acceptors (Lipinski definition) is 7. The van der Waals surface area contributed by atoms with Crippen LogP contribution in [-0.2, 0) is 4.74 Å². The molecular formula is C8H6N4O3. The molecular weight excluding hydrogens is 200 g/mol. The normalized spacial score (nSPS) is 9.93. The quantitative estimate of drug-likeness (QED) is 0.653. The minimum atomic E-state index is -0.678. The molecule has 15 heavy (non-hydrogen) atoms. The van der Waals surface area contributed by atoms with Gasteiger partial charge in [-0.2, -0.15) is 4.98 Å². The van der Waals surface area contributed by atoms with Gasteiger partial charge in [0, 0.05) is 6.20 Å². The molecule has 0 aromatic carbocycles. The Morgan fingerprint density at radius 2 is 2.40 bits per heavy atom. The van der Waals surface area contributed by atoms with Crippen molar-refractivity contribution < 1.29 is 14.1 Å². The van der Waals surface area contributed by atoms with Gasteiger partial charge in [0.2, 0.25) is 5.82 Å². The Hall–Kier alpha value is -2.31. The van der Waals surface area contributed by atoms with Crippen LogP contribution in [0.3, 0.4) is 0 Å². The molecule has 7 heteroatoms. The number of hydrogen-bond donors (Lipinski definition) is 0. The summed E-state index contributed by atoms with van der Waals surface area (Å²) in [5.41, 5.74) is 0.476. The summed E-state index contributed by atoms with van der Waals surface area (Å²) in [6.45, 7) is 0. The number of carbonyl (C=O) groups is 1. The molecule has 0 saturated heterocycles. The molecule has 0 amide bonds. The molecule has 0 N–H and O–H groups in total. The van der Waals surface area contributed by atoms with Crippen LogP contribution in [-0.4, -0.2) is 33.2 Å². The fourth-order valence-corrected chi connectivity index (χ4v) is 0.921. The summed E-state index contributed by atoms with van der Waals surface area (Å²) >= 11 is 0. The smallest absolute Gasteiger partial charge is 0.397 e. The topological polar surface area (TPSA) is 91.0 Å². The predicted molar refractivity (Wildman–Crippen MR) is 46.7 cm³/mol. The zero-order chi connectivity index (χ0) is 10.7. The fourth-order valence-electron chi connectivity index (χ4n) is 0.921. The van der Waals surface area contributed by atoms with Crippen molar-refractivity contribution in [1.82, 2.24) is 20.1 Å². The summed E-state index contributed by atoms with van der Waals surface area (Å²) in [6, 6.07) is 1.60. The second-order valence-electron chi connectivity index (χ2n) is 2.51. The summed E-state index contributed by atoms with van der Waals surface area (Å²) in [7, 11) is 1.23. The van der Waals surface area contributed by atoms with Crippen LogP contribution >= 0.6 is 0 Å². The number of aromatic nitrogens is 4. The van der Waals surface area contributed by atoms with Gasteiger partial charge in [0.15, 0.2) is 0 Å². The highest BCUT2D eigenvalue weighted by Gasteiger charge is 2.16. The molecule has 0 bridgehead atoms. The lowest BCUT2D eigenvalue weighted by molar-refractivity contribution is 0.0545. The van der Waals surface area contributed by atoms with E-state index in [1.54, 1.807) is 6.07 Å². The van der Waals surface area contributed by atoms with Crippen molar-refractivity contribution in [3.8, 4) is 11.5 Å². The maximum Gasteiger partial charge on any atom is 0.397 e. The van der Waals surface area contributed by atoms with E-state index in [9.17, 15) is 4.79 Å². The number of esters is 1. The molecule has 2 heterocycles. The number of ether oxygens (including phenoxy) is 1. The van der Waals surface area contributed by atoms with E-state index in [0.29, 0.717) is 5.69 Å². The average Bonchev–Trinajstić information content (AvgIpc) is 2.78. The summed E-state index contributed by atoms with van der Waals surface area (Å²) < 4.78 is 9.09. The molecule has 0 aliphatic carbocycles. The Bertz CT molecular complexity index is 468. The second kappa shape index (κ2) is 3.82. The first-order valence-electron chi connectivity index (χ1n) is 3.99. The third-order valence-corrected chi connectivity index (χ3v) is 1.60. The van der Waals surface area contributed by atoms with Crippen molar-refractivity contribution >= 4 is 5.97 Å². The van der Waals surface area contributed by atoms with E-state index in [4.69, 9.17) is 0 Å². The first-order chi connectivity index (χ1) is 7.31. The van der Waals surface area contributed by atoms with Gasteiger partial charge in [0.1, 0.15) is 12.0 Å². The highest BCUT2D eigenvalue weighted by Crippen LogP contribution is 2.11. The molecule has 0 spiro atoms. The van der Waals surface area contributed by atoms with E-state index in [2.05, 4.69) is 29.4 Å². The number of methoxy groups -OCH3 is 1. The maximum atomic E-state index is 11.0. The molecule has 0 fully saturated rings. The van der Waals surface area contributed by atoms with E-state index < -0.39 is 5.97 Å². The molecule has 7 nitrogen and oxygen atoms in total. The van der Waals surface area contributed by atoms with E-state index >= 15 is 0 Å². The number of carbonyl (C=O) groups excluding carboxylic acids is 1. The van der Waals surface area contributed by atoms with Gasteiger partial charge in [-0.3, -0.25) is 0 Å². The lowest BCUT2D eigenvalue weighted by atomic mass is 10.4. The van der Waals surface area contributed by atoms with Crippen LogP contribution < -0.4 is 0 Å². The summed E-state index contributed by atoms with van der Waals surface area (Å²) in [4.78, 5) is 22.5. The molecule has 0 radical (unpaired) electrons. The fraction of sp³-hybridized carbons (Fsp3) is 0.125. The van der Waals surface area contributed by atoms with Crippen LogP contribution in [0.5, 0.6) is 0 Å². The van der Waals surface area contributed by atoms with Crippen LogP contribution in [0.2, 0.25) is 0 Å². The molecule has 2 aromatic heterocycles. The predicted octanol–water partition coefficient (Wildman–Crippen LogP) is 0.313. The SMILES string of the molecule is COC(=O)c1nc(-c2ccncn2)no1. The molecule has 2 rings (SSSR count). The van der Waals surface area contributed by atoms with Gasteiger partial charge in [0.05, 0.1) is 7.11 Å². The van der Waals surface area contributed by atoms with Gasteiger partial charge < -0.3 is 9.26 Å². The zero-order valence-corrected chi connectivity index (χ0v) is 7.75. The minimum Gasteiger partial charge on any atom is -0.462 e. The van der Waals surface area contributed by atoms with Gasteiger partial charge in [-0.25, -0.2) is 14.8 Å². The second-order valence-corrected chi connectivity index (χ2v) is 2.51. The van der Waals surface area contributed by atoms with Crippen molar-refractivity contribution in [3.05, 3.63) is 24.5 Å². The van der Waals surface area contributed by atoms with Crippen molar-refractivity contribution in [2.75, 3.05) is 7.11 Å². The standard InChI is InChI=1S/C8H6N4O3/c1-14-8(13)7-11-6(12-15-7)5-2-3-9-4-10-5/h2-4H,1H3. The van der Waals surface area contributed by atoms with Gasteiger partial charge in [-0.1, -0.05) is 5.16 Å². The first kappa shape index (κ1) is 9.25. The van der Waals surface area contributed by atoms with Crippen LogP contribution in [0.25, 0.3) is 11.5 Å². The molecule has 76 valence electrons. The molecule has 0 aliphatic heterocycles. The largest absolute Gasteiger partial charge is 0.462 e. The van der Waals surface area contributed by atoms with Crippen LogP contribution in [0, 0.1) is 0 Å². The maximum absolute atomic E-state index is 11.0. The summed E-state index contributed by atoms with van der Waals surface area (Å²) in [5.74, 6) is -0.660. The van der Waals surface area contributed by atoms with Crippen LogP contribution in [0.15, 0.2) is 23.1 Å². The third kappa shape index (κ3) is 1.80. The van der Waals surface area contributed by atoms with Gasteiger partial charge in [-0.05, 0) is 6.07 Å². The summed E-state index contributed by atoms with van der Waals surface area (Å²) in [6.07, 6.45) is 2.89. The Balaban J connectivity index is 2.32. The lowest BCUT2D eigenvalue weighted by Gasteiger charge is -1.89. The van der Waals surface area contributed by atoms with Crippen LogP contribution in [0.1, 0.15) is 10.7 Å². The van der Waals surface area contributed by atoms with Gasteiger partial charge >= 0.3 is 11.9 Å². The van der Waals surface area contributed by atoms with Crippen molar-refractivity contribution in [2.45, 2.75) is 0 Å². The Morgan fingerprint density at radius 3 is 3.07 bits per heavy atom. The van der Waals surface area contributed by atoms with E-state index in [-0.39, 0.29) is 11.7 Å². The number of nitrogens with zero attached hydrogens (tertiary/aromatic N) is 4. The molecule has 0 saturated carbocycles. The van der Waals surface area contributed by atoms with E-state index in [1.807, 2.05) is 0 Å². The number of rotatable bonds is 2. The summed E-state index contributed by atoms with van der Waals surface area (Å²) in [5, 5.41) is 3.58. The van der Waals surface area contributed by atoms with Crippen molar-refractivity contribution in [1.29, 1.82) is 0 Å². The van der Waals surface area contributed by atoms with E-state index in [0.717, 1.165) is 0 Å². The van der Waals surface area contributed by atoms with Crippen LogP contribution in [0.4, 0.5) is 0 Å². The molecule has 0 unspecified atom stereocenters. The molecule has 0 aliphatic rings. The average molecular weight is 206 g/mol. The highest BCUT2D eigenvalue weighted by atomic mass is 16.6. The Labute approximate surface area is 84.1 Å². The monoisotopic (exact) mass is 206 g/mol. The van der Waals surface area contributed by atoms with Crippen molar-refractivity contribution in [2.24, 2.45) is 0 Å². The Kier molecular flexibility index (Phi) is 2.36. The molecule has 2 aromatic rings. The van der Waals surface area contributed by atoms with Gasteiger partial charge in [0.25, 0.3) is 0 Å². The van der Waals surface area contributed by atoms with E-state index in [1.165, 1.54) is 19.6 Å². The highest BCUT2D eigenvalue weighted by molar-refractivity contribution is 5.84. The van der Waals surface area contributed by atoms with Gasteiger partial charge in [-0.15, -0.1) is 0 Å². The lowest BCUT2D eigenvalue weighted by Crippen LogP contribution is -2.01. The zero-order valence-electron chi connectivity index (χ0n) is 7.75.